The first-order chi connectivity index (χ1) is 15.1. The Labute approximate surface area is 183 Å². The maximum atomic E-state index is 12.4. The van der Waals surface area contributed by atoms with E-state index in [0.29, 0.717) is 46.6 Å². The van der Waals surface area contributed by atoms with E-state index in [2.05, 4.69) is 15.6 Å². The molecule has 0 atom stereocenters. The molecule has 0 radical (unpaired) electrons. The molecule has 9 heteroatoms. The van der Waals surface area contributed by atoms with Crippen molar-refractivity contribution >= 4 is 34.0 Å². The van der Waals surface area contributed by atoms with Crippen molar-refractivity contribution < 1.29 is 23.8 Å². The molecule has 2 aromatic carbocycles. The molecule has 0 saturated heterocycles. The molecule has 160 valence electrons. The number of carbonyl (C=O) groups is 2. The number of amides is 2. The van der Waals surface area contributed by atoms with E-state index in [0.717, 1.165) is 11.1 Å². The molecule has 0 saturated carbocycles. The zero-order valence-electron chi connectivity index (χ0n) is 17.1. The Kier molecular flexibility index (Phi) is 6.03. The lowest BCUT2D eigenvalue weighted by atomic mass is 10.1. The molecule has 31 heavy (non-hydrogen) atoms. The van der Waals surface area contributed by atoms with E-state index >= 15 is 0 Å². The largest absolute Gasteiger partial charge is 0.493 e. The van der Waals surface area contributed by atoms with Gasteiger partial charge in [0.25, 0.3) is 5.91 Å². The highest BCUT2D eigenvalue weighted by molar-refractivity contribution is 7.14. The zero-order chi connectivity index (χ0) is 21.8. The number of nitrogens with zero attached hydrogens (tertiary/aromatic N) is 1. The average molecular weight is 439 g/mol. The molecule has 3 aromatic rings. The van der Waals surface area contributed by atoms with E-state index in [1.54, 1.807) is 20.3 Å². The number of rotatable bonds is 7. The predicted molar refractivity (Wildman–Crippen MR) is 118 cm³/mol. The number of methoxy groups -OCH3 is 2. The van der Waals surface area contributed by atoms with Crippen LogP contribution in [0.4, 0.5) is 10.8 Å². The van der Waals surface area contributed by atoms with E-state index in [-0.39, 0.29) is 18.4 Å². The third-order valence-corrected chi connectivity index (χ3v) is 5.51. The summed E-state index contributed by atoms with van der Waals surface area (Å²) in [7, 11) is 3.17. The summed E-state index contributed by atoms with van der Waals surface area (Å²) in [6.07, 6.45) is 0.877. The van der Waals surface area contributed by atoms with Crippen LogP contribution in [0.5, 0.6) is 17.2 Å². The molecule has 0 aliphatic carbocycles. The molecular weight excluding hydrogens is 418 g/mol. The minimum atomic E-state index is -0.189. The summed E-state index contributed by atoms with van der Waals surface area (Å²) in [6.45, 7) is 0.0164. The molecule has 2 heterocycles. The second-order valence-electron chi connectivity index (χ2n) is 6.82. The zero-order valence-corrected chi connectivity index (χ0v) is 17.9. The SMILES string of the molecule is COc1ccc(CCC(=O)Nc2nc(-c3ccc4c(c3)NC(=O)CO4)cs2)cc1OC. The molecule has 4 rings (SSSR count). The van der Waals surface area contributed by atoms with Gasteiger partial charge in [0, 0.05) is 17.4 Å². The van der Waals surface area contributed by atoms with Gasteiger partial charge < -0.3 is 24.8 Å². The van der Waals surface area contributed by atoms with Gasteiger partial charge in [-0.25, -0.2) is 4.98 Å². The summed E-state index contributed by atoms with van der Waals surface area (Å²) in [5, 5.41) is 8.00. The Bertz CT molecular complexity index is 1130. The molecule has 2 N–H and O–H groups in total. The topological polar surface area (TPSA) is 98.8 Å². The Morgan fingerprint density at radius 3 is 2.84 bits per heavy atom. The average Bonchev–Trinajstić information content (AvgIpc) is 3.25. The molecular formula is C22H21N3O5S. The van der Waals surface area contributed by atoms with Crippen molar-refractivity contribution in [1.29, 1.82) is 0 Å². The van der Waals surface area contributed by atoms with Gasteiger partial charge in [-0.05, 0) is 42.3 Å². The fraction of sp³-hybridized carbons (Fsp3) is 0.227. The van der Waals surface area contributed by atoms with Crippen molar-refractivity contribution in [2.45, 2.75) is 12.8 Å². The van der Waals surface area contributed by atoms with Crippen molar-refractivity contribution in [1.82, 2.24) is 4.98 Å². The molecule has 0 spiro atoms. The van der Waals surface area contributed by atoms with Crippen molar-refractivity contribution in [2.75, 3.05) is 31.5 Å². The van der Waals surface area contributed by atoms with Crippen molar-refractivity contribution in [2.24, 2.45) is 0 Å². The maximum Gasteiger partial charge on any atom is 0.262 e. The Balaban J connectivity index is 1.37. The van der Waals surface area contributed by atoms with Gasteiger partial charge in [0.15, 0.2) is 23.2 Å². The van der Waals surface area contributed by atoms with Gasteiger partial charge in [0.05, 0.1) is 25.6 Å². The minimum Gasteiger partial charge on any atom is -0.493 e. The van der Waals surface area contributed by atoms with Gasteiger partial charge >= 0.3 is 0 Å². The van der Waals surface area contributed by atoms with E-state index in [1.807, 2.05) is 35.7 Å². The van der Waals surface area contributed by atoms with Gasteiger partial charge in [0.1, 0.15) is 5.75 Å². The van der Waals surface area contributed by atoms with Crippen LogP contribution in [-0.4, -0.2) is 37.6 Å². The van der Waals surface area contributed by atoms with Gasteiger partial charge in [0.2, 0.25) is 5.91 Å². The number of benzene rings is 2. The lowest BCUT2D eigenvalue weighted by Crippen LogP contribution is -2.25. The number of fused-ring (bicyclic) bond motifs is 1. The number of aromatic nitrogens is 1. The number of anilines is 2. The van der Waals surface area contributed by atoms with E-state index in [4.69, 9.17) is 14.2 Å². The number of nitrogens with one attached hydrogen (secondary N) is 2. The van der Waals surface area contributed by atoms with Crippen LogP contribution in [0, 0.1) is 0 Å². The first-order valence-corrected chi connectivity index (χ1v) is 10.5. The van der Waals surface area contributed by atoms with E-state index in [9.17, 15) is 9.59 Å². The number of aryl methyl sites for hydroxylation is 1. The summed E-state index contributed by atoms with van der Waals surface area (Å²) in [5.74, 6) is 1.60. The standard InChI is InChI=1S/C22H21N3O5S/c1-28-18-6-3-13(9-19(18)29-2)4-8-20(26)25-22-24-16(12-31-22)14-5-7-17-15(10-14)23-21(27)11-30-17/h3,5-7,9-10,12H,4,8,11H2,1-2H3,(H,23,27)(H,24,25,26). The highest BCUT2D eigenvalue weighted by Gasteiger charge is 2.17. The predicted octanol–water partition coefficient (Wildman–Crippen LogP) is 3.73. The van der Waals surface area contributed by atoms with Gasteiger partial charge in [-0.2, -0.15) is 0 Å². The summed E-state index contributed by atoms with van der Waals surface area (Å²) < 4.78 is 15.9. The Morgan fingerprint density at radius 1 is 1.19 bits per heavy atom. The van der Waals surface area contributed by atoms with Crippen LogP contribution < -0.4 is 24.8 Å². The first-order valence-electron chi connectivity index (χ1n) is 9.59. The van der Waals surface area contributed by atoms with Gasteiger partial charge in [-0.15, -0.1) is 11.3 Å². The third-order valence-electron chi connectivity index (χ3n) is 4.75. The molecule has 0 bridgehead atoms. The molecule has 0 unspecified atom stereocenters. The maximum absolute atomic E-state index is 12.4. The smallest absolute Gasteiger partial charge is 0.262 e. The van der Waals surface area contributed by atoms with Gasteiger partial charge in [-0.3, -0.25) is 9.59 Å². The van der Waals surface area contributed by atoms with E-state index in [1.165, 1.54) is 11.3 Å². The number of hydrogen-bond acceptors (Lipinski definition) is 7. The highest BCUT2D eigenvalue weighted by atomic mass is 32.1. The fourth-order valence-corrected chi connectivity index (χ4v) is 3.92. The van der Waals surface area contributed by atoms with Gasteiger partial charge in [-0.1, -0.05) is 6.07 Å². The second-order valence-corrected chi connectivity index (χ2v) is 7.68. The summed E-state index contributed by atoms with van der Waals surface area (Å²) in [4.78, 5) is 28.4. The number of thiazole rings is 1. The van der Waals surface area contributed by atoms with Crippen LogP contribution >= 0.6 is 11.3 Å². The van der Waals surface area contributed by atoms with Crippen LogP contribution in [0.2, 0.25) is 0 Å². The molecule has 1 aromatic heterocycles. The van der Waals surface area contributed by atoms with Crippen molar-refractivity contribution in [3.63, 3.8) is 0 Å². The number of hydrogen-bond donors (Lipinski definition) is 2. The Hall–Kier alpha value is -3.59. The summed E-state index contributed by atoms with van der Waals surface area (Å²) in [5.41, 5.74) is 3.13. The quantitative estimate of drug-likeness (QED) is 0.582. The Morgan fingerprint density at radius 2 is 2.03 bits per heavy atom. The monoisotopic (exact) mass is 439 g/mol. The van der Waals surface area contributed by atoms with E-state index < -0.39 is 0 Å². The fourth-order valence-electron chi connectivity index (χ4n) is 3.18. The third kappa shape index (κ3) is 4.77. The van der Waals surface area contributed by atoms with Crippen LogP contribution in [0.25, 0.3) is 11.3 Å². The number of ether oxygens (including phenoxy) is 3. The number of carbonyl (C=O) groups excluding carboxylic acids is 2. The van der Waals surface area contributed by atoms with Crippen molar-refractivity contribution in [3.8, 4) is 28.5 Å². The summed E-state index contributed by atoms with van der Waals surface area (Å²) >= 11 is 1.35. The lowest BCUT2D eigenvalue weighted by Gasteiger charge is -2.18. The lowest BCUT2D eigenvalue weighted by molar-refractivity contribution is -0.118. The second kappa shape index (κ2) is 9.05. The van der Waals surface area contributed by atoms with Crippen molar-refractivity contribution in [3.05, 3.63) is 47.3 Å². The first kappa shape index (κ1) is 20.7. The normalized spacial score (nSPS) is 12.4. The van der Waals surface area contributed by atoms with Crippen LogP contribution in [-0.2, 0) is 16.0 Å². The highest BCUT2D eigenvalue weighted by Crippen LogP contribution is 2.34. The molecule has 8 nitrogen and oxygen atoms in total. The molecule has 2 amide bonds. The molecule has 1 aliphatic heterocycles. The van der Waals surface area contributed by atoms with Crippen LogP contribution in [0.1, 0.15) is 12.0 Å². The molecule has 0 fully saturated rings. The van der Waals surface area contributed by atoms with Crippen LogP contribution in [0.15, 0.2) is 41.8 Å². The van der Waals surface area contributed by atoms with Crippen LogP contribution in [0.3, 0.4) is 0 Å². The summed E-state index contributed by atoms with van der Waals surface area (Å²) in [6, 6.07) is 11.1. The minimum absolute atomic E-state index is 0.0164. The molecule has 1 aliphatic rings.